The van der Waals surface area contributed by atoms with Crippen LogP contribution in [0.1, 0.15) is 13.3 Å². The van der Waals surface area contributed by atoms with E-state index in [9.17, 15) is 0 Å². The molecule has 0 fully saturated rings. The minimum atomic E-state index is 0.0396. The number of nitrogens with two attached hydrogens (primary N) is 1. The molecular formula is C6H12N4. The van der Waals surface area contributed by atoms with Gasteiger partial charge in [0.2, 0.25) is 0 Å². The second-order valence-corrected chi connectivity index (χ2v) is 1.87. The Morgan fingerprint density at radius 1 is 1.80 bits per heavy atom. The first-order valence-corrected chi connectivity index (χ1v) is 3.18. The molecule has 0 aliphatic heterocycles. The summed E-state index contributed by atoms with van der Waals surface area (Å²) in [5, 5.41) is 15.2. The third-order valence-electron chi connectivity index (χ3n) is 1.22. The number of hydrogen-bond donors (Lipinski definition) is 2. The van der Waals surface area contributed by atoms with E-state index in [2.05, 4.69) is 0 Å². The Morgan fingerprint density at radius 3 is 2.70 bits per heavy atom. The Hall–Kier alpha value is -1.24. The number of nitrogens with zero attached hydrogens (tertiary/aromatic N) is 2. The zero-order valence-electron chi connectivity index (χ0n) is 6.09. The first kappa shape index (κ1) is 8.76. The molecule has 0 saturated heterocycles. The van der Waals surface area contributed by atoms with Crippen LogP contribution in [-0.4, -0.2) is 23.9 Å². The van der Waals surface area contributed by atoms with Crippen molar-refractivity contribution >= 4 is 5.96 Å². The van der Waals surface area contributed by atoms with Crippen LogP contribution in [0.4, 0.5) is 0 Å². The van der Waals surface area contributed by atoms with Crippen LogP contribution in [0.5, 0.6) is 0 Å². The number of nitriles is 1. The maximum atomic E-state index is 8.20. The van der Waals surface area contributed by atoms with Crippen molar-refractivity contribution in [3.05, 3.63) is 0 Å². The fourth-order valence-electron chi connectivity index (χ4n) is 0.634. The van der Waals surface area contributed by atoms with Crippen LogP contribution in [-0.2, 0) is 0 Å². The van der Waals surface area contributed by atoms with E-state index in [0.29, 0.717) is 19.5 Å². The molecule has 56 valence electrons. The Labute approximate surface area is 60.7 Å². The van der Waals surface area contributed by atoms with E-state index >= 15 is 0 Å². The lowest BCUT2D eigenvalue weighted by Crippen LogP contribution is -2.36. The Bertz CT molecular complexity index is 146. The highest BCUT2D eigenvalue weighted by Crippen LogP contribution is 1.87. The Morgan fingerprint density at radius 2 is 2.40 bits per heavy atom. The van der Waals surface area contributed by atoms with Crippen LogP contribution in [0.15, 0.2) is 0 Å². The normalized spacial score (nSPS) is 8.40. The minimum absolute atomic E-state index is 0.0396. The van der Waals surface area contributed by atoms with Crippen molar-refractivity contribution in [2.24, 2.45) is 5.73 Å². The summed E-state index contributed by atoms with van der Waals surface area (Å²) in [6.45, 7) is 3.15. The van der Waals surface area contributed by atoms with Gasteiger partial charge in [-0.15, -0.1) is 0 Å². The molecule has 0 rings (SSSR count). The maximum Gasteiger partial charge on any atom is 0.188 e. The van der Waals surface area contributed by atoms with E-state index in [1.54, 1.807) is 4.90 Å². The second-order valence-electron chi connectivity index (χ2n) is 1.87. The zero-order chi connectivity index (χ0) is 7.98. The zero-order valence-corrected chi connectivity index (χ0v) is 6.09. The monoisotopic (exact) mass is 140 g/mol. The molecule has 0 radical (unpaired) electrons. The fourth-order valence-corrected chi connectivity index (χ4v) is 0.634. The van der Waals surface area contributed by atoms with Crippen molar-refractivity contribution in [1.29, 1.82) is 10.7 Å². The largest absolute Gasteiger partial charge is 0.370 e. The summed E-state index contributed by atoms with van der Waals surface area (Å²) in [5.74, 6) is 0.0396. The molecule has 4 nitrogen and oxygen atoms in total. The van der Waals surface area contributed by atoms with Crippen molar-refractivity contribution in [2.45, 2.75) is 13.3 Å². The van der Waals surface area contributed by atoms with Crippen molar-refractivity contribution in [3.63, 3.8) is 0 Å². The van der Waals surface area contributed by atoms with Crippen LogP contribution < -0.4 is 5.73 Å². The molecule has 0 aromatic heterocycles. The van der Waals surface area contributed by atoms with Gasteiger partial charge in [-0.2, -0.15) is 5.26 Å². The van der Waals surface area contributed by atoms with Gasteiger partial charge in [0.05, 0.1) is 12.5 Å². The third kappa shape index (κ3) is 2.92. The topological polar surface area (TPSA) is 76.9 Å². The molecule has 0 saturated carbocycles. The van der Waals surface area contributed by atoms with E-state index < -0.39 is 0 Å². The van der Waals surface area contributed by atoms with Gasteiger partial charge in [0.25, 0.3) is 0 Å². The van der Waals surface area contributed by atoms with Crippen molar-refractivity contribution in [1.82, 2.24) is 4.90 Å². The van der Waals surface area contributed by atoms with Crippen LogP contribution in [0.25, 0.3) is 0 Å². The molecule has 0 atom stereocenters. The van der Waals surface area contributed by atoms with Gasteiger partial charge in [-0.1, -0.05) is 0 Å². The van der Waals surface area contributed by atoms with E-state index in [1.807, 2.05) is 13.0 Å². The van der Waals surface area contributed by atoms with Crippen molar-refractivity contribution in [2.75, 3.05) is 13.1 Å². The highest BCUT2D eigenvalue weighted by Gasteiger charge is 2.00. The van der Waals surface area contributed by atoms with Gasteiger partial charge in [-0.05, 0) is 6.92 Å². The minimum Gasteiger partial charge on any atom is -0.370 e. The van der Waals surface area contributed by atoms with Crippen LogP contribution in [0.3, 0.4) is 0 Å². The van der Waals surface area contributed by atoms with Crippen molar-refractivity contribution < 1.29 is 0 Å². The van der Waals surface area contributed by atoms with Gasteiger partial charge < -0.3 is 10.6 Å². The Balaban J connectivity index is 3.63. The van der Waals surface area contributed by atoms with Gasteiger partial charge in [0.1, 0.15) is 0 Å². The number of rotatable bonds is 3. The molecule has 0 spiro atoms. The number of hydrogen-bond acceptors (Lipinski definition) is 2. The summed E-state index contributed by atoms with van der Waals surface area (Å²) in [4.78, 5) is 1.64. The van der Waals surface area contributed by atoms with E-state index in [-0.39, 0.29) is 5.96 Å². The molecular weight excluding hydrogens is 128 g/mol. The van der Waals surface area contributed by atoms with Crippen molar-refractivity contribution in [3.8, 4) is 6.07 Å². The molecule has 0 heterocycles. The molecule has 0 aliphatic carbocycles. The predicted octanol–water partition coefficient (Wildman–Crippen LogP) is 0.115. The number of nitrogens with one attached hydrogen (secondary N) is 1. The molecule has 4 heteroatoms. The average molecular weight is 140 g/mol. The van der Waals surface area contributed by atoms with Gasteiger partial charge in [0, 0.05) is 13.1 Å². The molecule has 0 bridgehead atoms. The summed E-state index contributed by atoms with van der Waals surface area (Å²) in [5.41, 5.74) is 5.19. The second kappa shape index (κ2) is 4.62. The Kier molecular flexibility index (Phi) is 4.05. The first-order chi connectivity index (χ1) is 4.72. The van der Waals surface area contributed by atoms with Gasteiger partial charge in [0.15, 0.2) is 5.96 Å². The summed E-state index contributed by atoms with van der Waals surface area (Å²) < 4.78 is 0. The van der Waals surface area contributed by atoms with Gasteiger partial charge in [-0.25, -0.2) is 0 Å². The average Bonchev–Trinajstić information content (AvgIpc) is 1.89. The standard InChI is InChI=1S/C6H12N4/c1-2-10(6(8)9)5-3-4-7/h2-3,5H2,1H3,(H3,8,9). The summed E-state index contributed by atoms with van der Waals surface area (Å²) >= 11 is 0. The lowest BCUT2D eigenvalue weighted by molar-refractivity contribution is 0.443. The molecule has 0 aliphatic rings. The summed E-state index contributed by atoms with van der Waals surface area (Å²) in [6.07, 6.45) is 0.424. The molecule has 0 aromatic rings. The predicted molar refractivity (Wildman–Crippen MR) is 39.4 cm³/mol. The third-order valence-corrected chi connectivity index (χ3v) is 1.22. The fraction of sp³-hybridized carbons (Fsp3) is 0.667. The van der Waals surface area contributed by atoms with Gasteiger partial charge >= 0.3 is 0 Å². The maximum absolute atomic E-state index is 8.20. The summed E-state index contributed by atoms with van der Waals surface area (Å²) in [6, 6.07) is 1.99. The van der Waals surface area contributed by atoms with Crippen LogP contribution in [0.2, 0.25) is 0 Å². The highest BCUT2D eigenvalue weighted by atomic mass is 15.2. The van der Waals surface area contributed by atoms with Crippen LogP contribution in [0, 0.1) is 16.7 Å². The molecule has 0 aromatic carbocycles. The quantitative estimate of drug-likeness (QED) is 0.431. The summed E-state index contributed by atoms with van der Waals surface area (Å²) in [7, 11) is 0. The van der Waals surface area contributed by atoms with Crippen LogP contribution >= 0.6 is 0 Å². The number of guanidine groups is 1. The van der Waals surface area contributed by atoms with Gasteiger partial charge in [-0.3, -0.25) is 5.41 Å². The highest BCUT2D eigenvalue weighted by molar-refractivity contribution is 5.74. The van der Waals surface area contributed by atoms with E-state index in [0.717, 1.165) is 0 Å². The molecule has 10 heavy (non-hydrogen) atoms. The molecule has 3 N–H and O–H groups in total. The lowest BCUT2D eigenvalue weighted by Gasteiger charge is -2.18. The lowest BCUT2D eigenvalue weighted by atomic mass is 10.4. The molecule has 0 amide bonds. The van der Waals surface area contributed by atoms with E-state index in [1.165, 1.54) is 0 Å². The first-order valence-electron chi connectivity index (χ1n) is 3.18. The SMILES string of the molecule is CCN(CCC#N)C(=N)N. The van der Waals surface area contributed by atoms with E-state index in [4.69, 9.17) is 16.4 Å². The smallest absolute Gasteiger partial charge is 0.188 e. The molecule has 0 unspecified atom stereocenters.